The maximum Gasteiger partial charge on any atom is 0.291 e. The molecule has 6 nitrogen and oxygen atoms in total. The molecule has 0 atom stereocenters. The molecule has 0 saturated heterocycles. The third-order valence-corrected chi connectivity index (χ3v) is 5.58. The van der Waals surface area contributed by atoms with Crippen molar-refractivity contribution in [3.8, 4) is 5.75 Å². The van der Waals surface area contributed by atoms with E-state index in [1.165, 1.54) is 6.07 Å². The van der Waals surface area contributed by atoms with Gasteiger partial charge in [0.25, 0.3) is 5.91 Å². The summed E-state index contributed by atoms with van der Waals surface area (Å²) in [7, 11) is 0. The molecule has 2 aromatic heterocycles. The summed E-state index contributed by atoms with van der Waals surface area (Å²) in [5.41, 5.74) is 2.39. The molecule has 0 bridgehead atoms. The predicted octanol–water partition coefficient (Wildman–Crippen LogP) is 6.42. The number of aromatic nitrogens is 2. The Morgan fingerprint density at radius 1 is 1.15 bits per heavy atom. The fraction of sp³-hybridized carbons (Fsp3) is 0.167. The Kier molecular flexibility index (Phi) is 6.72. The van der Waals surface area contributed by atoms with Crippen LogP contribution in [0.3, 0.4) is 0 Å². The van der Waals surface area contributed by atoms with Crippen LogP contribution in [0.15, 0.2) is 59.0 Å². The molecule has 0 unspecified atom stereocenters. The summed E-state index contributed by atoms with van der Waals surface area (Å²) in [5.74, 6) is 0.298. The molecule has 0 radical (unpaired) electrons. The zero-order chi connectivity index (χ0) is 23.5. The second-order valence-corrected chi connectivity index (χ2v) is 8.22. The highest BCUT2D eigenvalue weighted by Crippen LogP contribution is 2.28. The Morgan fingerprint density at radius 3 is 2.70 bits per heavy atom. The van der Waals surface area contributed by atoms with Crippen molar-refractivity contribution in [2.45, 2.75) is 27.0 Å². The minimum atomic E-state index is -0.428. The van der Waals surface area contributed by atoms with Crippen LogP contribution in [0.2, 0.25) is 10.0 Å². The molecule has 0 fully saturated rings. The lowest BCUT2D eigenvalue weighted by Crippen LogP contribution is -2.12. The van der Waals surface area contributed by atoms with E-state index in [9.17, 15) is 9.18 Å². The zero-order valence-corrected chi connectivity index (χ0v) is 19.4. The van der Waals surface area contributed by atoms with E-state index in [4.69, 9.17) is 32.4 Å². The monoisotopic (exact) mass is 487 g/mol. The van der Waals surface area contributed by atoms with Gasteiger partial charge in [-0.05, 0) is 50.2 Å². The third kappa shape index (κ3) is 5.21. The van der Waals surface area contributed by atoms with Crippen LogP contribution in [0.25, 0.3) is 0 Å². The van der Waals surface area contributed by atoms with Crippen LogP contribution in [0.5, 0.6) is 5.75 Å². The summed E-state index contributed by atoms with van der Waals surface area (Å²) in [6.07, 6.45) is 0. The molecule has 0 aliphatic rings. The lowest BCUT2D eigenvalue weighted by molar-refractivity contribution is 0.0992. The number of amides is 1. The van der Waals surface area contributed by atoms with Crippen molar-refractivity contribution in [1.29, 1.82) is 0 Å². The van der Waals surface area contributed by atoms with E-state index in [2.05, 4.69) is 10.4 Å². The molecule has 1 amide bonds. The summed E-state index contributed by atoms with van der Waals surface area (Å²) in [5, 5.41) is 8.16. The first-order valence-electron chi connectivity index (χ1n) is 10.1. The number of halogens is 3. The number of furan rings is 1. The first-order valence-corrected chi connectivity index (χ1v) is 10.8. The highest BCUT2D eigenvalue weighted by atomic mass is 35.5. The van der Waals surface area contributed by atoms with Crippen LogP contribution >= 0.6 is 23.2 Å². The normalized spacial score (nSPS) is 10.9. The second-order valence-electron chi connectivity index (χ2n) is 7.38. The third-order valence-electron chi connectivity index (χ3n) is 5.05. The van der Waals surface area contributed by atoms with E-state index < -0.39 is 5.91 Å². The summed E-state index contributed by atoms with van der Waals surface area (Å²) in [6, 6.07) is 14.6. The van der Waals surface area contributed by atoms with E-state index in [1.807, 2.05) is 6.92 Å². The van der Waals surface area contributed by atoms with Gasteiger partial charge in [-0.2, -0.15) is 5.10 Å². The van der Waals surface area contributed by atoms with Crippen molar-refractivity contribution >= 4 is 34.8 Å². The number of aryl methyl sites for hydroxylation is 1. The molecule has 170 valence electrons. The molecular formula is C24H20Cl2FN3O3. The Morgan fingerprint density at radius 2 is 1.94 bits per heavy atom. The van der Waals surface area contributed by atoms with Gasteiger partial charge in [-0.3, -0.25) is 9.48 Å². The minimum Gasteiger partial charge on any atom is -0.484 e. The summed E-state index contributed by atoms with van der Waals surface area (Å²) >= 11 is 12.0. The van der Waals surface area contributed by atoms with Crippen molar-refractivity contribution < 1.29 is 18.3 Å². The Labute approximate surface area is 199 Å². The molecular weight excluding hydrogens is 468 g/mol. The van der Waals surface area contributed by atoms with Gasteiger partial charge in [-0.25, -0.2) is 4.39 Å². The zero-order valence-electron chi connectivity index (χ0n) is 17.9. The first-order chi connectivity index (χ1) is 15.8. The number of carbonyl (C=O) groups is 1. The number of nitrogens with zero attached hydrogens (tertiary/aromatic N) is 2. The van der Waals surface area contributed by atoms with Crippen LogP contribution in [0, 0.1) is 19.7 Å². The predicted molar refractivity (Wildman–Crippen MR) is 125 cm³/mol. The smallest absolute Gasteiger partial charge is 0.291 e. The highest BCUT2D eigenvalue weighted by Gasteiger charge is 2.18. The number of hydrogen-bond acceptors (Lipinski definition) is 4. The molecule has 0 aliphatic carbocycles. The SMILES string of the molecule is Cc1nn(Cc2ccccc2F)c(C)c1NC(=O)c1ccc(COc2ccc(Cl)cc2Cl)o1. The lowest BCUT2D eigenvalue weighted by atomic mass is 10.2. The topological polar surface area (TPSA) is 69.3 Å². The first kappa shape index (κ1) is 22.9. The maximum atomic E-state index is 14.0. The van der Waals surface area contributed by atoms with Crippen LogP contribution < -0.4 is 10.1 Å². The average molecular weight is 488 g/mol. The van der Waals surface area contributed by atoms with Crippen molar-refractivity contribution in [2.24, 2.45) is 0 Å². The molecule has 33 heavy (non-hydrogen) atoms. The van der Waals surface area contributed by atoms with Gasteiger partial charge in [-0.15, -0.1) is 0 Å². The lowest BCUT2D eigenvalue weighted by Gasteiger charge is -2.07. The van der Waals surface area contributed by atoms with Gasteiger partial charge in [0.2, 0.25) is 0 Å². The Hall–Kier alpha value is -3.29. The van der Waals surface area contributed by atoms with Gasteiger partial charge in [0.05, 0.1) is 28.6 Å². The molecule has 0 spiro atoms. The van der Waals surface area contributed by atoms with Crippen LogP contribution in [-0.2, 0) is 13.2 Å². The molecule has 2 aromatic carbocycles. The summed E-state index contributed by atoms with van der Waals surface area (Å²) < 4.78 is 26.9. The molecule has 0 aliphatic heterocycles. The van der Waals surface area contributed by atoms with E-state index in [0.717, 1.165) is 0 Å². The van der Waals surface area contributed by atoms with Gasteiger partial charge >= 0.3 is 0 Å². The number of ether oxygens (including phenoxy) is 1. The van der Waals surface area contributed by atoms with E-state index in [-0.39, 0.29) is 24.7 Å². The summed E-state index contributed by atoms with van der Waals surface area (Å²) in [4.78, 5) is 12.7. The van der Waals surface area contributed by atoms with Crippen LogP contribution in [0.4, 0.5) is 10.1 Å². The molecule has 2 heterocycles. The minimum absolute atomic E-state index is 0.0905. The number of benzene rings is 2. The van der Waals surface area contributed by atoms with Gasteiger partial charge < -0.3 is 14.5 Å². The standard InChI is InChI=1S/C24H20Cl2FN3O3/c1-14-23(15(2)30(29-14)12-16-5-3-4-6-20(16)27)28-24(31)22-10-8-18(33-22)13-32-21-9-7-17(25)11-19(21)26/h3-11H,12-13H2,1-2H3,(H,28,31). The fourth-order valence-electron chi connectivity index (χ4n) is 3.31. The molecule has 4 aromatic rings. The van der Waals surface area contributed by atoms with E-state index in [0.29, 0.717) is 44.2 Å². The largest absolute Gasteiger partial charge is 0.484 e. The van der Waals surface area contributed by atoms with Gasteiger partial charge in [0.1, 0.15) is 23.9 Å². The average Bonchev–Trinajstić information content (AvgIpc) is 3.35. The van der Waals surface area contributed by atoms with Crippen molar-refractivity contribution in [2.75, 3.05) is 5.32 Å². The quantitative estimate of drug-likeness (QED) is 0.326. The van der Waals surface area contributed by atoms with Gasteiger partial charge in [0.15, 0.2) is 5.76 Å². The molecule has 0 saturated carbocycles. The number of carbonyl (C=O) groups excluding carboxylic acids is 1. The Bertz CT molecular complexity index is 1320. The molecule has 4 rings (SSSR count). The van der Waals surface area contributed by atoms with E-state index >= 15 is 0 Å². The number of nitrogens with one attached hydrogen (secondary N) is 1. The number of anilines is 1. The Balaban J connectivity index is 1.43. The van der Waals surface area contributed by atoms with Crippen molar-refractivity contribution in [1.82, 2.24) is 9.78 Å². The maximum absolute atomic E-state index is 14.0. The van der Waals surface area contributed by atoms with Gasteiger partial charge in [0, 0.05) is 10.6 Å². The van der Waals surface area contributed by atoms with Crippen LogP contribution in [0.1, 0.15) is 33.3 Å². The van der Waals surface area contributed by atoms with Crippen LogP contribution in [-0.4, -0.2) is 15.7 Å². The van der Waals surface area contributed by atoms with Gasteiger partial charge in [-0.1, -0.05) is 41.4 Å². The van der Waals surface area contributed by atoms with Crippen molar-refractivity contribution in [3.63, 3.8) is 0 Å². The second kappa shape index (κ2) is 9.68. The fourth-order valence-corrected chi connectivity index (χ4v) is 3.78. The summed E-state index contributed by atoms with van der Waals surface area (Å²) in [6.45, 7) is 3.93. The highest BCUT2D eigenvalue weighted by molar-refractivity contribution is 6.35. The molecule has 1 N–H and O–H groups in total. The van der Waals surface area contributed by atoms with Crippen molar-refractivity contribution in [3.05, 3.63) is 98.9 Å². The molecule has 9 heteroatoms. The number of rotatable bonds is 7. The number of hydrogen-bond donors (Lipinski definition) is 1. The van der Waals surface area contributed by atoms with E-state index in [1.54, 1.807) is 60.1 Å².